The van der Waals surface area contributed by atoms with Gasteiger partial charge in [0.05, 0.1) is 50.5 Å². The van der Waals surface area contributed by atoms with Crippen LogP contribution in [0.5, 0.6) is 5.75 Å². The van der Waals surface area contributed by atoms with Gasteiger partial charge in [-0.25, -0.2) is 14.6 Å². The van der Waals surface area contributed by atoms with E-state index in [1.54, 1.807) is 41.4 Å². The number of methoxy groups -OCH3 is 2. The van der Waals surface area contributed by atoms with E-state index in [1.165, 1.54) is 14.2 Å². The molecule has 2 saturated heterocycles. The number of benzene rings is 4. The maximum Gasteiger partial charge on any atom is 0.407 e. The van der Waals surface area contributed by atoms with Gasteiger partial charge in [0.1, 0.15) is 30.3 Å². The lowest BCUT2D eigenvalue weighted by molar-refractivity contribution is -0.139. The van der Waals surface area contributed by atoms with Crippen molar-refractivity contribution < 1.29 is 46.9 Å². The van der Waals surface area contributed by atoms with Gasteiger partial charge in [-0.15, -0.1) is 0 Å². The fourth-order valence-electron chi connectivity index (χ4n) is 10.5. The van der Waals surface area contributed by atoms with E-state index in [-0.39, 0.29) is 37.1 Å². The minimum atomic E-state index is -2.95. The maximum absolute atomic E-state index is 14.4. The summed E-state index contributed by atoms with van der Waals surface area (Å²) in [5.74, 6) is 0.779. The molecule has 3 fully saturated rings. The number of aromatic nitrogens is 2. The van der Waals surface area contributed by atoms with Crippen LogP contribution in [-0.2, 0) is 36.8 Å². The van der Waals surface area contributed by atoms with Gasteiger partial charge in [0.2, 0.25) is 11.8 Å². The Labute approximate surface area is 385 Å². The molecule has 4 amide bonds. The SMILES string of the molecule is COC(=O)N[C@H](C(=O)N1[C@@H]2C[C@@H]2C[C@H]1c1ncc(-c2ccc3c(c2)COc2cc4c5c(ccc4cc2-3)N=C([C@@H]2C[C@H](COC(F)F)CN2C(=O)[C@H](NC(=O)OC)c2ccccc2)C5)[nH]1)C(C)C. The van der Waals surface area contributed by atoms with Crippen LogP contribution in [0, 0.1) is 17.8 Å². The topological polar surface area (TPSA) is 177 Å². The second kappa shape index (κ2) is 17.7. The third-order valence-corrected chi connectivity index (χ3v) is 13.9. The first-order valence-electron chi connectivity index (χ1n) is 22.6. The molecule has 15 nitrogen and oxygen atoms in total. The van der Waals surface area contributed by atoms with Gasteiger partial charge in [-0.05, 0) is 94.0 Å². The third kappa shape index (κ3) is 8.34. The average Bonchev–Trinajstić information content (AvgIpc) is 3.81. The molecule has 0 spiro atoms. The molecule has 1 aromatic heterocycles. The van der Waals surface area contributed by atoms with Crippen LogP contribution in [-0.4, -0.2) is 102 Å². The molecule has 5 aromatic rings. The van der Waals surface area contributed by atoms with Crippen LogP contribution in [0.1, 0.15) is 67.7 Å². The van der Waals surface area contributed by atoms with Gasteiger partial charge < -0.3 is 44.4 Å². The van der Waals surface area contributed by atoms with Crippen LogP contribution in [0.4, 0.5) is 24.1 Å². The van der Waals surface area contributed by atoms with E-state index in [1.807, 2.05) is 36.9 Å². The summed E-state index contributed by atoms with van der Waals surface area (Å²) in [6, 6.07) is 20.8. The quantitative estimate of drug-likeness (QED) is 0.112. The van der Waals surface area contributed by atoms with Crippen molar-refractivity contribution in [1.82, 2.24) is 30.4 Å². The number of aliphatic imine (C=N–C) groups is 1. The summed E-state index contributed by atoms with van der Waals surface area (Å²) in [4.78, 5) is 69.8. The van der Waals surface area contributed by atoms with Gasteiger partial charge in [-0.3, -0.25) is 14.6 Å². The fourth-order valence-corrected chi connectivity index (χ4v) is 10.5. The number of alkyl halides is 2. The summed E-state index contributed by atoms with van der Waals surface area (Å²) >= 11 is 0. The number of rotatable bonds is 12. The number of carbonyl (C=O) groups is 4. The number of amides is 4. The Hall–Kier alpha value is -6.88. The molecule has 0 unspecified atom stereocenters. The number of likely N-dealkylation sites (tertiary alicyclic amines) is 2. The van der Waals surface area contributed by atoms with Gasteiger partial charge >= 0.3 is 18.8 Å². The predicted molar refractivity (Wildman–Crippen MR) is 243 cm³/mol. The van der Waals surface area contributed by atoms with Crippen molar-refractivity contribution in [2.24, 2.45) is 22.7 Å². The van der Waals surface area contributed by atoms with Crippen LogP contribution in [0.2, 0.25) is 0 Å². The summed E-state index contributed by atoms with van der Waals surface area (Å²) in [5.41, 5.74) is 7.75. The monoisotopic (exact) mass is 915 g/mol. The van der Waals surface area contributed by atoms with E-state index in [0.717, 1.165) is 74.3 Å². The Bertz CT molecular complexity index is 2800. The Balaban J connectivity index is 0.887. The number of carbonyl (C=O) groups excluding carboxylic acids is 4. The molecule has 67 heavy (non-hydrogen) atoms. The zero-order valence-corrected chi connectivity index (χ0v) is 37.5. The molecule has 5 heterocycles. The lowest BCUT2D eigenvalue weighted by Gasteiger charge is -2.31. The van der Waals surface area contributed by atoms with Gasteiger partial charge in [-0.1, -0.05) is 62.4 Å². The summed E-state index contributed by atoms with van der Waals surface area (Å²) < 4.78 is 47.3. The number of H-pyrrole nitrogens is 1. The smallest absolute Gasteiger partial charge is 0.407 e. The summed E-state index contributed by atoms with van der Waals surface area (Å²) in [6.07, 6.45) is 2.91. The van der Waals surface area contributed by atoms with Crippen molar-refractivity contribution in [3.8, 4) is 28.1 Å². The number of hydrogen-bond acceptors (Lipinski definition) is 10. The standard InChI is InChI=1S/C50H51F2N7O8/c1-25(2)43(56-49(62)64-3)47(61)59-39-17-30(39)18-41(59)45-53-21-38(55-45)29-10-12-32-31(15-29)24-66-42-20-33-28(16-35(32)42)11-13-36-34(33)19-37(54-36)40-14-26(23-67-48(51)52)22-58(40)46(60)44(57-50(63)65-4)27-8-6-5-7-9-27/h5-13,15-16,20-21,25-26,30,39-41,43-44,48H,14,17-19,22-24H2,1-4H3,(H,53,55)(H,56,62)(H,57,63)/t26-,30+,39+,40-,41-,43-,44+/m0/s1. The first-order chi connectivity index (χ1) is 32.4. The highest BCUT2D eigenvalue weighted by Gasteiger charge is 2.56. The number of imidazole rings is 1. The highest BCUT2D eigenvalue weighted by Crippen LogP contribution is 2.54. The zero-order chi connectivity index (χ0) is 46.7. The normalized spacial score (nSPS) is 22.0. The van der Waals surface area contributed by atoms with E-state index >= 15 is 0 Å². The number of ether oxygens (including phenoxy) is 4. The Kier molecular flexibility index (Phi) is 11.6. The molecule has 3 N–H and O–H groups in total. The molecule has 4 aliphatic heterocycles. The number of alkyl carbamates (subject to hydrolysis) is 2. The van der Waals surface area contributed by atoms with Gasteiger partial charge in [-0.2, -0.15) is 8.78 Å². The summed E-state index contributed by atoms with van der Waals surface area (Å²) in [7, 11) is 2.51. The van der Waals surface area contributed by atoms with Crippen molar-refractivity contribution in [2.45, 2.75) is 83.0 Å². The second-order valence-electron chi connectivity index (χ2n) is 18.4. The molecule has 0 radical (unpaired) electrons. The van der Waals surface area contributed by atoms with E-state index in [9.17, 15) is 28.0 Å². The van der Waals surface area contributed by atoms with Crippen LogP contribution >= 0.6 is 0 Å². The first kappa shape index (κ1) is 44.0. The van der Waals surface area contributed by atoms with Crippen LogP contribution in [0.3, 0.4) is 0 Å². The number of nitrogens with zero attached hydrogens (tertiary/aromatic N) is 4. The molecular weight excluding hydrogens is 865 g/mol. The highest BCUT2D eigenvalue weighted by atomic mass is 19.3. The van der Waals surface area contributed by atoms with E-state index in [2.05, 4.69) is 39.9 Å². The van der Waals surface area contributed by atoms with E-state index in [4.69, 9.17) is 28.9 Å². The summed E-state index contributed by atoms with van der Waals surface area (Å²) in [6.45, 7) is 1.09. The molecule has 5 aliphatic rings. The van der Waals surface area contributed by atoms with Gasteiger partial charge in [0.15, 0.2) is 0 Å². The lowest BCUT2D eigenvalue weighted by atomic mass is 9.90. The molecule has 10 rings (SSSR count). The number of piperidine rings is 1. The number of aromatic amines is 1. The molecule has 4 aromatic carbocycles. The largest absolute Gasteiger partial charge is 0.488 e. The third-order valence-electron chi connectivity index (χ3n) is 13.9. The maximum atomic E-state index is 14.4. The Morgan fingerprint density at radius 1 is 0.896 bits per heavy atom. The molecule has 1 aliphatic carbocycles. The number of fused-ring (bicyclic) bond motifs is 7. The minimum Gasteiger partial charge on any atom is -0.488 e. The molecular formula is C50H51F2N7O8. The number of hydrogen-bond donors (Lipinski definition) is 3. The first-order valence-corrected chi connectivity index (χ1v) is 22.6. The second-order valence-corrected chi connectivity index (χ2v) is 18.4. The fraction of sp³-hybridized carbons (Fsp3) is 0.400. The molecule has 1 saturated carbocycles. The van der Waals surface area contributed by atoms with Gasteiger partial charge in [0, 0.05) is 36.2 Å². The van der Waals surface area contributed by atoms with E-state index < -0.39 is 48.7 Å². The van der Waals surface area contributed by atoms with Crippen molar-refractivity contribution in [2.75, 3.05) is 27.4 Å². The number of halogens is 2. The number of nitrogens with one attached hydrogen (secondary N) is 3. The molecule has 348 valence electrons. The van der Waals surface area contributed by atoms with Crippen LogP contribution in [0.15, 0.2) is 84.0 Å². The van der Waals surface area contributed by atoms with E-state index in [0.29, 0.717) is 36.8 Å². The van der Waals surface area contributed by atoms with Crippen molar-refractivity contribution >= 4 is 46.2 Å². The van der Waals surface area contributed by atoms with Crippen LogP contribution < -0.4 is 15.4 Å². The highest BCUT2D eigenvalue weighted by molar-refractivity contribution is 6.07. The molecule has 0 bridgehead atoms. The zero-order valence-electron chi connectivity index (χ0n) is 37.5. The van der Waals surface area contributed by atoms with Crippen molar-refractivity contribution in [3.63, 3.8) is 0 Å². The average molecular weight is 916 g/mol. The Morgan fingerprint density at radius 2 is 1.69 bits per heavy atom. The van der Waals surface area contributed by atoms with Crippen LogP contribution in [0.25, 0.3) is 33.2 Å². The predicted octanol–water partition coefficient (Wildman–Crippen LogP) is 8.01. The molecule has 7 atom stereocenters. The lowest BCUT2D eigenvalue weighted by Crippen LogP contribution is -2.52. The van der Waals surface area contributed by atoms with Crippen molar-refractivity contribution in [1.29, 1.82) is 0 Å². The van der Waals surface area contributed by atoms with Gasteiger partial charge in [0.25, 0.3) is 0 Å². The molecule has 17 heteroatoms. The van der Waals surface area contributed by atoms with Crippen molar-refractivity contribution in [3.05, 3.63) is 102 Å². The Morgan fingerprint density at radius 3 is 2.45 bits per heavy atom. The summed E-state index contributed by atoms with van der Waals surface area (Å²) in [5, 5.41) is 7.34. The minimum absolute atomic E-state index is 0.124.